The third-order valence-electron chi connectivity index (χ3n) is 5.41. The van der Waals surface area contributed by atoms with Crippen molar-refractivity contribution in [1.29, 1.82) is 0 Å². The fourth-order valence-electron chi connectivity index (χ4n) is 4.35. The first-order chi connectivity index (χ1) is 12.8. The van der Waals surface area contributed by atoms with E-state index in [9.17, 15) is 4.79 Å². The van der Waals surface area contributed by atoms with E-state index in [0.29, 0.717) is 17.0 Å². The lowest BCUT2D eigenvalue weighted by atomic mass is 9.98. The maximum atomic E-state index is 12.2. The minimum atomic E-state index is -0.486. The summed E-state index contributed by atoms with van der Waals surface area (Å²) in [7, 11) is 0. The molecule has 144 valence electrons. The van der Waals surface area contributed by atoms with Gasteiger partial charge >= 0.3 is 6.09 Å². The minimum Gasteiger partial charge on any atom is -0.444 e. The first kappa shape index (κ1) is 18.3. The van der Waals surface area contributed by atoms with Crippen molar-refractivity contribution >= 4 is 34.4 Å². The highest BCUT2D eigenvalue weighted by molar-refractivity contribution is 6.30. The van der Waals surface area contributed by atoms with Crippen LogP contribution in [0.2, 0.25) is 5.15 Å². The summed E-state index contributed by atoms with van der Waals surface area (Å²) in [5.41, 5.74) is 0.369. The molecule has 27 heavy (non-hydrogen) atoms. The van der Waals surface area contributed by atoms with Crippen LogP contribution in [-0.2, 0) is 4.74 Å². The van der Waals surface area contributed by atoms with Crippen molar-refractivity contribution < 1.29 is 9.53 Å². The molecule has 2 aromatic rings. The summed E-state index contributed by atoms with van der Waals surface area (Å²) < 4.78 is 5.43. The molecule has 1 amide bonds. The van der Waals surface area contributed by atoms with Crippen LogP contribution in [0.3, 0.4) is 0 Å². The summed E-state index contributed by atoms with van der Waals surface area (Å²) in [6.07, 6.45) is 3.52. The number of carbonyl (C=O) groups excluding carboxylic acids is 1. The van der Waals surface area contributed by atoms with E-state index in [1.165, 1.54) is 0 Å². The van der Waals surface area contributed by atoms with Crippen molar-refractivity contribution in [3.8, 4) is 0 Å². The summed E-state index contributed by atoms with van der Waals surface area (Å²) in [5, 5.41) is 4.55. The molecule has 6 nitrogen and oxygen atoms in total. The van der Waals surface area contributed by atoms with Gasteiger partial charge in [-0.3, -0.25) is 4.98 Å². The lowest BCUT2D eigenvalue weighted by Gasteiger charge is -2.25. The van der Waals surface area contributed by atoms with Gasteiger partial charge in [0.1, 0.15) is 16.6 Å². The number of halogens is 1. The number of fused-ring (bicyclic) bond motifs is 2. The number of carbonyl (C=O) groups is 1. The molecule has 0 spiro atoms. The molecular formula is C20H25ClN4O2. The topological polar surface area (TPSA) is 67.3 Å². The highest BCUT2D eigenvalue weighted by Gasteiger charge is 2.44. The van der Waals surface area contributed by atoms with Gasteiger partial charge in [0.2, 0.25) is 0 Å². The zero-order valence-corrected chi connectivity index (χ0v) is 16.7. The minimum absolute atomic E-state index is 0.137. The van der Waals surface area contributed by atoms with E-state index >= 15 is 0 Å². The summed E-state index contributed by atoms with van der Waals surface area (Å²) in [6.45, 7) is 7.42. The number of alkyl carbamates (subject to hydrolysis) is 1. The number of hydrogen-bond donors (Lipinski definition) is 1. The number of nitrogens with one attached hydrogen (secondary N) is 1. The number of hydrogen-bond acceptors (Lipinski definition) is 5. The monoisotopic (exact) mass is 388 g/mol. The fourth-order valence-corrected chi connectivity index (χ4v) is 4.53. The summed E-state index contributed by atoms with van der Waals surface area (Å²) in [5.74, 6) is 1.82. The quantitative estimate of drug-likeness (QED) is 0.787. The normalized spacial score (nSPS) is 24.9. The molecule has 1 saturated heterocycles. The summed E-state index contributed by atoms with van der Waals surface area (Å²) in [6, 6.07) is 5.89. The van der Waals surface area contributed by atoms with E-state index in [0.717, 1.165) is 42.7 Å². The molecular weight excluding hydrogens is 364 g/mol. The van der Waals surface area contributed by atoms with E-state index in [4.69, 9.17) is 16.3 Å². The predicted molar refractivity (Wildman–Crippen MR) is 106 cm³/mol. The van der Waals surface area contributed by atoms with E-state index in [-0.39, 0.29) is 12.1 Å². The van der Waals surface area contributed by atoms with Gasteiger partial charge in [-0.2, -0.15) is 0 Å². The van der Waals surface area contributed by atoms with Gasteiger partial charge < -0.3 is 15.0 Å². The second-order valence-corrected chi connectivity index (χ2v) is 8.88. The Labute approximate surface area is 164 Å². The number of ether oxygens (including phenoxy) is 1. The van der Waals surface area contributed by atoms with Crippen LogP contribution in [0.5, 0.6) is 0 Å². The van der Waals surface area contributed by atoms with Crippen LogP contribution in [-0.4, -0.2) is 40.8 Å². The Morgan fingerprint density at radius 2 is 2.15 bits per heavy atom. The first-order valence-electron chi connectivity index (χ1n) is 9.46. The number of pyridine rings is 2. The predicted octanol–water partition coefficient (Wildman–Crippen LogP) is 4.02. The van der Waals surface area contributed by atoms with Crippen molar-refractivity contribution in [2.24, 2.45) is 11.8 Å². The maximum absolute atomic E-state index is 12.2. The summed E-state index contributed by atoms with van der Waals surface area (Å²) >= 11 is 6.23. The van der Waals surface area contributed by atoms with Crippen LogP contribution < -0.4 is 10.2 Å². The molecule has 0 aromatic carbocycles. The van der Waals surface area contributed by atoms with Crippen LogP contribution in [0.25, 0.3) is 10.9 Å². The van der Waals surface area contributed by atoms with Crippen LogP contribution in [0, 0.1) is 11.8 Å². The fraction of sp³-hybridized carbons (Fsp3) is 0.550. The maximum Gasteiger partial charge on any atom is 0.407 e. The molecule has 0 bridgehead atoms. The Morgan fingerprint density at radius 1 is 1.33 bits per heavy atom. The second kappa shape index (κ2) is 6.82. The Hall–Kier alpha value is -2.08. The highest BCUT2D eigenvalue weighted by atomic mass is 35.5. The molecule has 3 heterocycles. The molecule has 1 aliphatic carbocycles. The number of rotatable bonds is 2. The van der Waals surface area contributed by atoms with Gasteiger partial charge in [0.25, 0.3) is 0 Å². The van der Waals surface area contributed by atoms with Gasteiger partial charge in [0.05, 0.1) is 5.52 Å². The van der Waals surface area contributed by atoms with Gasteiger partial charge in [0, 0.05) is 42.7 Å². The lowest BCUT2D eigenvalue weighted by molar-refractivity contribution is 0.0493. The Kier molecular flexibility index (Phi) is 4.62. The highest BCUT2D eigenvalue weighted by Crippen LogP contribution is 2.41. The van der Waals surface area contributed by atoms with Crippen LogP contribution in [0.4, 0.5) is 10.6 Å². The number of anilines is 1. The van der Waals surface area contributed by atoms with E-state index < -0.39 is 5.60 Å². The standard InChI is InChI=1S/C20H25ClN4O2/c1-20(2,3)27-19(26)23-15-7-6-12-10-25(11-14(12)15)18-13-5-4-8-22-16(13)9-17(21)24-18/h4-5,8-9,12,14-15H,6-7,10-11H2,1-3H3,(H,23,26). The Balaban J connectivity index is 1.51. The van der Waals surface area contributed by atoms with Gasteiger partial charge in [-0.05, 0) is 51.7 Å². The van der Waals surface area contributed by atoms with Crippen molar-refractivity contribution in [2.75, 3.05) is 18.0 Å². The zero-order chi connectivity index (χ0) is 19.2. The summed E-state index contributed by atoms with van der Waals surface area (Å²) in [4.78, 5) is 23.5. The first-order valence-corrected chi connectivity index (χ1v) is 9.84. The van der Waals surface area contributed by atoms with Gasteiger partial charge in [-0.25, -0.2) is 9.78 Å². The molecule has 2 aromatic heterocycles. The van der Waals surface area contributed by atoms with Crippen molar-refractivity contribution in [3.63, 3.8) is 0 Å². The van der Waals surface area contributed by atoms with Crippen LogP contribution in [0.1, 0.15) is 33.6 Å². The number of aromatic nitrogens is 2. The third kappa shape index (κ3) is 3.81. The van der Waals surface area contributed by atoms with Crippen molar-refractivity contribution in [2.45, 2.75) is 45.3 Å². The van der Waals surface area contributed by atoms with E-state index in [1.54, 1.807) is 12.3 Å². The smallest absolute Gasteiger partial charge is 0.407 e. The molecule has 1 aliphatic heterocycles. The number of amides is 1. The lowest BCUT2D eigenvalue weighted by Crippen LogP contribution is -2.42. The molecule has 1 saturated carbocycles. The van der Waals surface area contributed by atoms with Crippen molar-refractivity contribution in [1.82, 2.24) is 15.3 Å². The largest absolute Gasteiger partial charge is 0.444 e. The van der Waals surface area contributed by atoms with Crippen LogP contribution in [0.15, 0.2) is 24.4 Å². The molecule has 0 radical (unpaired) electrons. The van der Waals surface area contributed by atoms with Crippen LogP contribution >= 0.6 is 11.6 Å². The zero-order valence-electron chi connectivity index (χ0n) is 15.9. The van der Waals surface area contributed by atoms with E-state index in [1.807, 2.05) is 32.9 Å². The third-order valence-corrected chi connectivity index (χ3v) is 5.60. The molecule has 7 heteroatoms. The van der Waals surface area contributed by atoms with E-state index in [2.05, 4.69) is 20.2 Å². The average Bonchev–Trinajstić information content (AvgIpc) is 3.14. The van der Waals surface area contributed by atoms with Crippen molar-refractivity contribution in [3.05, 3.63) is 29.5 Å². The SMILES string of the molecule is CC(C)(C)OC(=O)NC1CCC2CN(c3nc(Cl)cc4ncccc34)CC21. The average molecular weight is 389 g/mol. The molecule has 2 aliphatic rings. The van der Waals surface area contributed by atoms with Gasteiger partial charge in [-0.15, -0.1) is 0 Å². The van der Waals surface area contributed by atoms with Gasteiger partial charge in [0.15, 0.2) is 0 Å². The molecule has 1 N–H and O–H groups in total. The molecule has 3 atom stereocenters. The molecule has 3 unspecified atom stereocenters. The molecule has 2 fully saturated rings. The Bertz CT molecular complexity index is 867. The van der Waals surface area contributed by atoms with Gasteiger partial charge in [-0.1, -0.05) is 11.6 Å². The Morgan fingerprint density at radius 3 is 2.93 bits per heavy atom. The molecule has 4 rings (SSSR count). The second-order valence-electron chi connectivity index (χ2n) is 8.50. The number of nitrogens with zero attached hydrogens (tertiary/aromatic N) is 3.